The van der Waals surface area contributed by atoms with Crippen LogP contribution in [0.4, 0.5) is 11.4 Å². The van der Waals surface area contributed by atoms with Gasteiger partial charge in [0.2, 0.25) is 0 Å². The number of ether oxygens (including phenoxy) is 1. The second-order valence-corrected chi connectivity index (χ2v) is 6.84. The molecule has 7 nitrogen and oxygen atoms in total. The predicted octanol–water partition coefficient (Wildman–Crippen LogP) is 2.63. The van der Waals surface area contributed by atoms with E-state index in [1.807, 2.05) is 24.3 Å². The van der Waals surface area contributed by atoms with Crippen molar-refractivity contribution in [2.24, 2.45) is 0 Å². The number of anilines is 2. The molecule has 1 aliphatic rings. The molecule has 0 bridgehead atoms. The highest BCUT2D eigenvalue weighted by Crippen LogP contribution is 2.23. The lowest BCUT2D eigenvalue weighted by molar-refractivity contribution is 0.0599. The van der Waals surface area contributed by atoms with Crippen LogP contribution in [0.5, 0.6) is 0 Å². The number of methoxy groups -OCH3 is 1. The number of H-pyrrole nitrogens is 1. The Morgan fingerprint density at radius 1 is 1.19 bits per heavy atom. The van der Waals surface area contributed by atoms with Crippen LogP contribution in [0.15, 0.2) is 24.3 Å². The van der Waals surface area contributed by atoms with Crippen LogP contribution in [-0.2, 0) is 4.74 Å². The molecule has 3 rings (SSSR count). The predicted molar refractivity (Wildman–Crippen MR) is 103 cm³/mol. The first-order valence-electron chi connectivity index (χ1n) is 9.02. The van der Waals surface area contributed by atoms with Gasteiger partial charge in [-0.25, -0.2) is 4.79 Å². The molecule has 3 N–H and O–H groups in total. The fourth-order valence-electron chi connectivity index (χ4n) is 3.46. The van der Waals surface area contributed by atoms with Crippen molar-refractivity contribution in [1.29, 1.82) is 0 Å². The zero-order valence-electron chi connectivity index (χ0n) is 15.8. The van der Waals surface area contributed by atoms with E-state index in [0.717, 1.165) is 31.6 Å². The minimum atomic E-state index is -0.462. The van der Waals surface area contributed by atoms with Crippen molar-refractivity contribution in [3.63, 3.8) is 0 Å². The van der Waals surface area contributed by atoms with Crippen LogP contribution in [0.1, 0.15) is 44.9 Å². The summed E-state index contributed by atoms with van der Waals surface area (Å²) in [7, 11) is 1.32. The van der Waals surface area contributed by atoms with Crippen molar-refractivity contribution in [2.45, 2.75) is 32.8 Å². The van der Waals surface area contributed by atoms with Crippen molar-refractivity contribution in [2.75, 3.05) is 30.4 Å². The van der Waals surface area contributed by atoms with Crippen LogP contribution in [0.3, 0.4) is 0 Å². The van der Waals surface area contributed by atoms with E-state index in [4.69, 9.17) is 4.74 Å². The van der Waals surface area contributed by atoms with Crippen molar-refractivity contribution >= 4 is 23.3 Å². The fourth-order valence-corrected chi connectivity index (χ4v) is 3.46. The molecule has 1 aromatic heterocycles. The Morgan fingerprint density at radius 2 is 1.81 bits per heavy atom. The first-order valence-corrected chi connectivity index (χ1v) is 9.02. The molecule has 0 atom stereocenters. The van der Waals surface area contributed by atoms with Crippen molar-refractivity contribution in [3.8, 4) is 0 Å². The quantitative estimate of drug-likeness (QED) is 0.718. The number of hydrogen-bond donors (Lipinski definition) is 3. The summed E-state index contributed by atoms with van der Waals surface area (Å²) in [6.45, 7) is 5.10. The molecule has 1 fully saturated rings. The summed E-state index contributed by atoms with van der Waals surface area (Å²) in [6.07, 6.45) is 1.33. The largest absolute Gasteiger partial charge is 0.465 e. The molecule has 27 heavy (non-hydrogen) atoms. The maximum Gasteiger partial charge on any atom is 0.339 e. The van der Waals surface area contributed by atoms with E-state index < -0.39 is 5.97 Å². The van der Waals surface area contributed by atoms with Crippen LogP contribution < -0.4 is 10.2 Å². The van der Waals surface area contributed by atoms with Gasteiger partial charge >= 0.3 is 5.97 Å². The molecule has 0 unspecified atom stereocenters. The van der Waals surface area contributed by atoms with E-state index in [2.05, 4.69) is 15.2 Å². The number of aliphatic hydroxyl groups is 1. The van der Waals surface area contributed by atoms with Gasteiger partial charge in [-0.1, -0.05) is 0 Å². The summed E-state index contributed by atoms with van der Waals surface area (Å²) < 4.78 is 4.78. The third-order valence-electron chi connectivity index (χ3n) is 5.01. The molecule has 1 saturated heterocycles. The maximum absolute atomic E-state index is 12.6. The van der Waals surface area contributed by atoms with E-state index >= 15 is 0 Å². The van der Waals surface area contributed by atoms with E-state index in [-0.39, 0.29) is 12.0 Å². The molecule has 7 heteroatoms. The molecule has 144 valence electrons. The molecule has 1 aromatic carbocycles. The number of piperidine rings is 1. The van der Waals surface area contributed by atoms with Crippen LogP contribution >= 0.6 is 0 Å². The van der Waals surface area contributed by atoms with Gasteiger partial charge in [0.25, 0.3) is 5.91 Å². The number of benzene rings is 1. The Labute approximate surface area is 158 Å². The summed E-state index contributed by atoms with van der Waals surface area (Å²) in [5.41, 5.74) is 3.66. The minimum absolute atomic E-state index is 0.206. The van der Waals surface area contributed by atoms with Gasteiger partial charge in [-0.05, 0) is 56.5 Å². The number of nitrogens with one attached hydrogen (secondary N) is 2. The molecule has 1 amide bonds. The van der Waals surface area contributed by atoms with Gasteiger partial charge in [0, 0.05) is 30.2 Å². The van der Waals surface area contributed by atoms with E-state index in [9.17, 15) is 14.7 Å². The second kappa shape index (κ2) is 7.84. The average molecular weight is 371 g/mol. The van der Waals surface area contributed by atoms with Gasteiger partial charge in [-0.2, -0.15) is 0 Å². The number of hydrogen-bond acceptors (Lipinski definition) is 5. The minimum Gasteiger partial charge on any atom is -0.465 e. The van der Waals surface area contributed by atoms with Crippen LogP contribution in [0.2, 0.25) is 0 Å². The number of rotatable bonds is 4. The van der Waals surface area contributed by atoms with Gasteiger partial charge in [-0.3, -0.25) is 4.79 Å². The number of esters is 1. The number of aryl methyl sites for hydroxylation is 1. The third-order valence-corrected chi connectivity index (χ3v) is 5.01. The second-order valence-electron chi connectivity index (χ2n) is 6.84. The average Bonchev–Trinajstić information content (AvgIpc) is 2.97. The molecule has 2 heterocycles. The monoisotopic (exact) mass is 371 g/mol. The number of carbonyl (C=O) groups excluding carboxylic acids is 2. The number of aromatic nitrogens is 1. The van der Waals surface area contributed by atoms with Crippen LogP contribution in [0, 0.1) is 13.8 Å². The number of carbonyl (C=O) groups is 2. The van der Waals surface area contributed by atoms with E-state index in [1.165, 1.54) is 7.11 Å². The fraction of sp³-hybridized carbons (Fsp3) is 0.400. The summed E-state index contributed by atoms with van der Waals surface area (Å²) in [4.78, 5) is 29.7. The number of amides is 1. The smallest absolute Gasteiger partial charge is 0.339 e. The van der Waals surface area contributed by atoms with Gasteiger partial charge < -0.3 is 25.0 Å². The number of nitrogens with zero attached hydrogens (tertiary/aromatic N) is 1. The molecule has 0 radical (unpaired) electrons. The molecule has 0 spiro atoms. The summed E-state index contributed by atoms with van der Waals surface area (Å²) in [6, 6.07) is 7.62. The van der Waals surface area contributed by atoms with Gasteiger partial charge in [0.15, 0.2) is 0 Å². The Balaban J connectivity index is 1.70. The highest BCUT2D eigenvalue weighted by atomic mass is 16.5. The van der Waals surface area contributed by atoms with Crippen LogP contribution in [-0.4, -0.2) is 48.3 Å². The molecule has 0 saturated carbocycles. The van der Waals surface area contributed by atoms with E-state index in [1.54, 1.807) is 13.8 Å². The lowest BCUT2D eigenvalue weighted by atomic mass is 10.1. The highest BCUT2D eigenvalue weighted by Gasteiger charge is 2.22. The van der Waals surface area contributed by atoms with Crippen LogP contribution in [0.25, 0.3) is 0 Å². The maximum atomic E-state index is 12.6. The summed E-state index contributed by atoms with van der Waals surface area (Å²) in [5, 5.41) is 12.5. The standard InChI is InChI=1S/C20H25N3O4/c1-12-17(20(26)27-3)13(2)21-18(12)19(25)22-14-4-6-15(7-5-14)23-10-8-16(24)9-11-23/h4-7,16,21,24H,8-11H2,1-3H3,(H,22,25). The van der Waals surface area contributed by atoms with Gasteiger partial charge in [-0.15, -0.1) is 0 Å². The highest BCUT2D eigenvalue weighted by molar-refractivity contribution is 6.06. The molecule has 0 aliphatic carbocycles. The Bertz CT molecular complexity index is 834. The Morgan fingerprint density at radius 3 is 2.41 bits per heavy atom. The normalized spacial score (nSPS) is 14.9. The van der Waals surface area contributed by atoms with E-state index in [0.29, 0.717) is 28.2 Å². The van der Waals surface area contributed by atoms with Crippen molar-refractivity contribution in [1.82, 2.24) is 4.98 Å². The third kappa shape index (κ3) is 3.98. The Kier molecular flexibility index (Phi) is 5.51. The summed E-state index contributed by atoms with van der Waals surface area (Å²) >= 11 is 0. The SMILES string of the molecule is COC(=O)c1c(C)[nH]c(C(=O)Nc2ccc(N3CCC(O)CC3)cc2)c1C. The molecular weight excluding hydrogens is 346 g/mol. The molecule has 2 aromatic rings. The topological polar surface area (TPSA) is 94.7 Å². The Hall–Kier alpha value is -2.80. The first kappa shape index (κ1) is 19.0. The number of aliphatic hydroxyl groups excluding tert-OH is 1. The molecule has 1 aliphatic heterocycles. The lowest BCUT2D eigenvalue weighted by Crippen LogP contribution is -2.35. The number of aromatic amines is 1. The zero-order valence-corrected chi connectivity index (χ0v) is 15.8. The lowest BCUT2D eigenvalue weighted by Gasteiger charge is -2.31. The molecular formula is C20H25N3O4. The van der Waals surface area contributed by atoms with Crippen molar-refractivity contribution < 1.29 is 19.4 Å². The van der Waals surface area contributed by atoms with Gasteiger partial charge in [0.05, 0.1) is 18.8 Å². The zero-order chi connectivity index (χ0) is 19.6. The summed E-state index contributed by atoms with van der Waals surface area (Å²) in [5.74, 6) is -0.768. The first-order chi connectivity index (χ1) is 12.9. The van der Waals surface area contributed by atoms with Gasteiger partial charge in [0.1, 0.15) is 5.69 Å². The van der Waals surface area contributed by atoms with Crippen molar-refractivity contribution in [3.05, 3.63) is 46.8 Å².